The molecule has 0 spiro atoms. The first kappa shape index (κ1) is 9.21. The summed E-state index contributed by atoms with van der Waals surface area (Å²) < 4.78 is 0. The average Bonchev–Trinajstić information content (AvgIpc) is 2.13. The molecule has 0 bridgehead atoms. The lowest BCUT2D eigenvalue weighted by Gasteiger charge is -2.36. The van der Waals surface area contributed by atoms with E-state index in [4.69, 9.17) is 5.73 Å². The van der Waals surface area contributed by atoms with Gasteiger partial charge in [-0.3, -0.25) is 4.79 Å². The van der Waals surface area contributed by atoms with Crippen LogP contribution in [0.25, 0.3) is 0 Å². The zero-order valence-electron chi connectivity index (χ0n) is 8.23. The predicted molar refractivity (Wildman–Crippen MR) is 55.1 cm³/mol. The Labute approximate surface area is 83.5 Å². The first-order valence-corrected chi connectivity index (χ1v) is 4.78. The van der Waals surface area contributed by atoms with Crippen molar-refractivity contribution in [2.45, 2.75) is 13.0 Å². The molecular formula is C11H14N2O. The molecule has 2 N–H and O–H groups in total. The van der Waals surface area contributed by atoms with Crippen molar-refractivity contribution in [3.63, 3.8) is 0 Å². The van der Waals surface area contributed by atoms with Crippen molar-refractivity contribution in [2.24, 2.45) is 5.73 Å². The summed E-state index contributed by atoms with van der Waals surface area (Å²) in [5, 5.41) is 0. The highest BCUT2D eigenvalue weighted by atomic mass is 16.2. The minimum atomic E-state index is 0.0895. The third kappa shape index (κ3) is 1.63. The fourth-order valence-electron chi connectivity index (χ4n) is 1.56. The number of benzene rings is 1. The maximum absolute atomic E-state index is 11.8. The summed E-state index contributed by atoms with van der Waals surface area (Å²) in [7, 11) is 0. The summed E-state index contributed by atoms with van der Waals surface area (Å²) in [5.41, 5.74) is 7.54. The fourth-order valence-corrected chi connectivity index (χ4v) is 1.56. The molecule has 0 unspecified atom stereocenters. The summed E-state index contributed by atoms with van der Waals surface area (Å²) in [6.45, 7) is 3.38. The van der Waals surface area contributed by atoms with Gasteiger partial charge in [-0.15, -0.1) is 0 Å². The highest BCUT2D eigenvalue weighted by Gasteiger charge is 2.27. The zero-order chi connectivity index (χ0) is 10.1. The van der Waals surface area contributed by atoms with Crippen LogP contribution in [-0.4, -0.2) is 29.9 Å². The maximum atomic E-state index is 11.8. The van der Waals surface area contributed by atoms with E-state index in [1.807, 2.05) is 31.2 Å². The van der Waals surface area contributed by atoms with Crippen LogP contribution in [0.1, 0.15) is 15.9 Å². The molecule has 3 heteroatoms. The molecule has 0 atom stereocenters. The smallest absolute Gasteiger partial charge is 0.253 e. The molecule has 1 aliphatic rings. The molecule has 0 radical (unpaired) electrons. The lowest BCUT2D eigenvalue weighted by molar-refractivity contribution is 0.0608. The van der Waals surface area contributed by atoms with Crippen LogP contribution in [0, 0.1) is 6.92 Å². The van der Waals surface area contributed by atoms with Crippen LogP contribution < -0.4 is 5.73 Å². The number of aryl methyl sites for hydroxylation is 1. The van der Waals surface area contributed by atoms with E-state index in [2.05, 4.69) is 0 Å². The van der Waals surface area contributed by atoms with Gasteiger partial charge in [0.1, 0.15) is 0 Å². The Morgan fingerprint density at radius 1 is 1.36 bits per heavy atom. The molecule has 1 amide bonds. The van der Waals surface area contributed by atoms with Gasteiger partial charge in [0.05, 0.1) is 0 Å². The van der Waals surface area contributed by atoms with Gasteiger partial charge >= 0.3 is 0 Å². The fraction of sp³-hybridized carbons (Fsp3) is 0.364. The molecule has 0 aromatic heterocycles. The monoisotopic (exact) mass is 190 g/mol. The van der Waals surface area contributed by atoms with Crippen molar-refractivity contribution in [2.75, 3.05) is 13.1 Å². The normalized spacial score (nSPS) is 16.6. The second-order valence-electron chi connectivity index (χ2n) is 3.84. The van der Waals surface area contributed by atoms with Gasteiger partial charge < -0.3 is 10.6 Å². The van der Waals surface area contributed by atoms with E-state index in [-0.39, 0.29) is 11.9 Å². The van der Waals surface area contributed by atoms with Gasteiger partial charge in [-0.2, -0.15) is 0 Å². The van der Waals surface area contributed by atoms with E-state index in [0.29, 0.717) is 13.1 Å². The summed E-state index contributed by atoms with van der Waals surface area (Å²) in [5.74, 6) is 0.0895. The maximum Gasteiger partial charge on any atom is 0.253 e. The summed E-state index contributed by atoms with van der Waals surface area (Å²) in [6, 6.07) is 7.80. The second-order valence-corrected chi connectivity index (χ2v) is 3.84. The minimum absolute atomic E-state index is 0.0895. The SMILES string of the molecule is Cc1ccc(C(=O)N2CC(N)C2)cc1. The molecular weight excluding hydrogens is 176 g/mol. The molecule has 3 nitrogen and oxygen atoms in total. The molecule has 1 aromatic carbocycles. The first-order valence-electron chi connectivity index (χ1n) is 4.78. The summed E-state index contributed by atoms with van der Waals surface area (Å²) in [6.07, 6.45) is 0. The number of carbonyl (C=O) groups excluding carboxylic acids is 1. The molecule has 1 heterocycles. The highest BCUT2D eigenvalue weighted by molar-refractivity contribution is 5.94. The molecule has 1 aliphatic heterocycles. The van der Waals surface area contributed by atoms with Crippen molar-refractivity contribution >= 4 is 5.91 Å². The molecule has 0 aliphatic carbocycles. The van der Waals surface area contributed by atoms with Crippen LogP contribution in [0.3, 0.4) is 0 Å². The zero-order valence-corrected chi connectivity index (χ0v) is 8.23. The van der Waals surface area contributed by atoms with Crippen molar-refractivity contribution in [1.29, 1.82) is 0 Å². The van der Waals surface area contributed by atoms with E-state index < -0.39 is 0 Å². The molecule has 1 fully saturated rings. The van der Waals surface area contributed by atoms with Crippen molar-refractivity contribution in [3.05, 3.63) is 35.4 Å². The Kier molecular flexibility index (Phi) is 2.25. The number of rotatable bonds is 1. The minimum Gasteiger partial charge on any atom is -0.335 e. The lowest BCUT2D eigenvalue weighted by atomic mass is 10.1. The van der Waals surface area contributed by atoms with Gasteiger partial charge in [-0.05, 0) is 19.1 Å². The Bertz CT molecular complexity index is 339. The molecule has 14 heavy (non-hydrogen) atoms. The molecule has 1 saturated heterocycles. The standard InChI is InChI=1S/C11H14N2O/c1-8-2-4-9(5-3-8)11(14)13-6-10(12)7-13/h2-5,10H,6-7,12H2,1H3. The van der Waals surface area contributed by atoms with Crippen LogP contribution in [0.15, 0.2) is 24.3 Å². The van der Waals surface area contributed by atoms with Crippen LogP contribution in [0.2, 0.25) is 0 Å². The van der Waals surface area contributed by atoms with Crippen molar-refractivity contribution < 1.29 is 4.79 Å². The van der Waals surface area contributed by atoms with E-state index in [1.54, 1.807) is 4.90 Å². The molecule has 1 aromatic rings. The largest absolute Gasteiger partial charge is 0.335 e. The second kappa shape index (κ2) is 3.42. The number of nitrogens with two attached hydrogens (primary N) is 1. The van der Waals surface area contributed by atoms with Gasteiger partial charge in [0.2, 0.25) is 0 Å². The van der Waals surface area contributed by atoms with Gasteiger partial charge in [0.15, 0.2) is 0 Å². The molecule has 2 rings (SSSR count). The average molecular weight is 190 g/mol. The number of likely N-dealkylation sites (tertiary alicyclic amines) is 1. The highest BCUT2D eigenvalue weighted by Crippen LogP contribution is 2.12. The number of carbonyl (C=O) groups is 1. The predicted octanol–water partition coefficient (Wildman–Crippen LogP) is 0.778. The Balaban J connectivity index is 2.08. The van der Waals surface area contributed by atoms with Crippen LogP contribution >= 0.6 is 0 Å². The molecule has 0 saturated carbocycles. The van der Waals surface area contributed by atoms with Crippen molar-refractivity contribution in [3.8, 4) is 0 Å². The van der Waals surface area contributed by atoms with Crippen LogP contribution in [0.5, 0.6) is 0 Å². The van der Waals surface area contributed by atoms with Crippen LogP contribution in [-0.2, 0) is 0 Å². The number of amides is 1. The Hall–Kier alpha value is -1.35. The van der Waals surface area contributed by atoms with E-state index in [1.165, 1.54) is 5.56 Å². The number of hydrogen-bond donors (Lipinski definition) is 1. The number of nitrogens with zero attached hydrogens (tertiary/aromatic N) is 1. The lowest BCUT2D eigenvalue weighted by Crippen LogP contribution is -2.57. The third-order valence-electron chi connectivity index (χ3n) is 2.50. The van der Waals surface area contributed by atoms with Gasteiger partial charge in [-0.1, -0.05) is 17.7 Å². The van der Waals surface area contributed by atoms with Crippen LogP contribution in [0.4, 0.5) is 0 Å². The quantitative estimate of drug-likeness (QED) is 0.711. The molecule has 74 valence electrons. The first-order chi connectivity index (χ1) is 6.66. The van der Waals surface area contributed by atoms with E-state index >= 15 is 0 Å². The Morgan fingerprint density at radius 2 is 1.93 bits per heavy atom. The van der Waals surface area contributed by atoms with Gasteiger partial charge in [0, 0.05) is 24.7 Å². The van der Waals surface area contributed by atoms with E-state index in [9.17, 15) is 4.79 Å². The topological polar surface area (TPSA) is 46.3 Å². The third-order valence-corrected chi connectivity index (χ3v) is 2.50. The van der Waals surface area contributed by atoms with Gasteiger partial charge in [-0.25, -0.2) is 0 Å². The Morgan fingerprint density at radius 3 is 2.43 bits per heavy atom. The summed E-state index contributed by atoms with van der Waals surface area (Å²) >= 11 is 0. The number of hydrogen-bond acceptors (Lipinski definition) is 2. The van der Waals surface area contributed by atoms with Crippen molar-refractivity contribution in [1.82, 2.24) is 4.90 Å². The summed E-state index contributed by atoms with van der Waals surface area (Å²) in [4.78, 5) is 13.5. The van der Waals surface area contributed by atoms with Gasteiger partial charge in [0.25, 0.3) is 5.91 Å². The van der Waals surface area contributed by atoms with E-state index in [0.717, 1.165) is 5.56 Å².